The van der Waals surface area contributed by atoms with Gasteiger partial charge in [-0.2, -0.15) is 0 Å². The third kappa shape index (κ3) is 4.35. The van der Waals surface area contributed by atoms with E-state index in [0.29, 0.717) is 49.0 Å². The average Bonchev–Trinajstić information content (AvgIpc) is 3.17. The number of esters is 1. The van der Waals surface area contributed by atoms with Crippen molar-refractivity contribution < 1.29 is 23.7 Å². The number of ether oxygens (including phenoxy) is 4. The van der Waals surface area contributed by atoms with Crippen molar-refractivity contribution in [2.75, 3.05) is 27.9 Å². The smallest absolute Gasteiger partial charge is 0.338 e. The zero-order valence-corrected chi connectivity index (χ0v) is 21.0. The number of hydrogen-bond acceptors (Lipinski definition) is 8. The summed E-state index contributed by atoms with van der Waals surface area (Å²) in [7, 11) is 4.66. The molecule has 0 unspecified atom stereocenters. The molecule has 35 heavy (non-hydrogen) atoms. The number of fused-ring (bicyclic) bond motifs is 1. The van der Waals surface area contributed by atoms with Crippen molar-refractivity contribution in [2.24, 2.45) is 4.99 Å². The van der Waals surface area contributed by atoms with Gasteiger partial charge in [-0.15, -0.1) is 0 Å². The highest BCUT2D eigenvalue weighted by Gasteiger charge is 2.35. The van der Waals surface area contributed by atoms with E-state index in [-0.39, 0.29) is 12.2 Å². The molecule has 0 saturated carbocycles. The molecule has 3 aromatic rings. The number of allylic oxidation sites excluding steroid dienone is 1. The minimum absolute atomic E-state index is 0.203. The van der Waals surface area contributed by atoms with Gasteiger partial charge in [0.25, 0.3) is 5.56 Å². The number of para-hydroxylation sites is 2. The van der Waals surface area contributed by atoms with Crippen molar-refractivity contribution in [1.29, 1.82) is 0 Å². The SMILES string of the molecule is CCOC(=O)C1=C(C)N=c2s/c(=C/c3cccc(OC)c3OC)c(=O)n2[C@@H]1c1ccccc1OC. The Hall–Kier alpha value is -3.85. The zero-order chi connectivity index (χ0) is 25.1. The highest BCUT2D eigenvalue weighted by Crippen LogP contribution is 2.36. The molecule has 1 aliphatic heterocycles. The average molecular weight is 495 g/mol. The van der Waals surface area contributed by atoms with Gasteiger partial charge in [-0.05, 0) is 32.1 Å². The van der Waals surface area contributed by atoms with Crippen LogP contribution in [0.3, 0.4) is 0 Å². The van der Waals surface area contributed by atoms with E-state index in [4.69, 9.17) is 18.9 Å². The van der Waals surface area contributed by atoms with Crippen LogP contribution in [0.4, 0.5) is 0 Å². The van der Waals surface area contributed by atoms with E-state index in [9.17, 15) is 9.59 Å². The molecular weight excluding hydrogens is 468 g/mol. The van der Waals surface area contributed by atoms with Crippen molar-refractivity contribution in [3.8, 4) is 17.2 Å². The molecule has 2 aromatic carbocycles. The molecular formula is C26H26N2O6S. The van der Waals surface area contributed by atoms with Gasteiger partial charge >= 0.3 is 5.97 Å². The monoisotopic (exact) mass is 494 g/mol. The second-order valence-corrected chi connectivity index (χ2v) is 8.64. The fraction of sp³-hybridized carbons (Fsp3) is 0.269. The van der Waals surface area contributed by atoms with E-state index in [0.717, 1.165) is 0 Å². The van der Waals surface area contributed by atoms with Crippen LogP contribution in [0, 0.1) is 0 Å². The third-order valence-electron chi connectivity index (χ3n) is 5.67. The maximum absolute atomic E-state index is 13.8. The number of aromatic nitrogens is 1. The van der Waals surface area contributed by atoms with E-state index >= 15 is 0 Å². The molecule has 0 amide bonds. The highest BCUT2D eigenvalue weighted by atomic mass is 32.1. The van der Waals surface area contributed by atoms with Gasteiger partial charge in [0.05, 0.1) is 43.7 Å². The predicted molar refractivity (Wildman–Crippen MR) is 133 cm³/mol. The Morgan fingerprint density at radius 2 is 1.77 bits per heavy atom. The van der Waals surface area contributed by atoms with E-state index in [1.807, 2.05) is 30.3 Å². The number of thiazole rings is 1. The second kappa shape index (κ2) is 10.2. The maximum Gasteiger partial charge on any atom is 0.338 e. The Morgan fingerprint density at radius 3 is 2.46 bits per heavy atom. The van der Waals surface area contributed by atoms with Gasteiger partial charge in [0.1, 0.15) is 11.8 Å². The van der Waals surface area contributed by atoms with Crippen LogP contribution in [0.25, 0.3) is 6.08 Å². The molecule has 0 spiro atoms. The minimum atomic E-state index is -0.754. The number of benzene rings is 2. The largest absolute Gasteiger partial charge is 0.496 e. The first-order valence-electron chi connectivity index (χ1n) is 11.0. The molecule has 4 rings (SSSR count). The van der Waals surface area contributed by atoms with Crippen LogP contribution in [0.1, 0.15) is 31.0 Å². The van der Waals surface area contributed by atoms with E-state index in [1.165, 1.54) is 15.9 Å². The van der Waals surface area contributed by atoms with Crippen molar-refractivity contribution in [1.82, 2.24) is 4.57 Å². The number of carbonyl (C=O) groups is 1. The first kappa shape index (κ1) is 24.3. The van der Waals surface area contributed by atoms with Crippen LogP contribution in [0.2, 0.25) is 0 Å². The molecule has 9 heteroatoms. The lowest BCUT2D eigenvalue weighted by Crippen LogP contribution is -2.40. The standard InChI is InChI=1S/C26H26N2O6S/c1-6-34-25(30)21-15(2)27-26-28(22(21)17-11-7-8-12-18(17)31-3)24(29)20(35-26)14-16-10-9-13-19(32-4)23(16)33-5/h7-14,22H,6H2,1-5H3/b20-14+/t22-/m1/s1. The first-order valence-corrected chi connectivity index (χ1v) is 11.8. The lowest BCUT2D eigenvalue weighted by Gasteiger charge is -2.25. The summed E-state index contributed by atoms with van der Waals surface area (Å²) in [6, 6.07) is 12.0. The molecule has 2 heterocycles. The van der Waals surface area contributed by atoms with Crippen LogP contribution in [0.5, 0.6) is 17.2 Å². The molecule has 0 fully saturated rings. The van der Waals surface area contributed by atoms with Crippen LogP contribution in [0.15, 0.2) is 63.5 Å². The molecule has 1 aromatic heterocycles. The normalized spacial score (nSPS) is 15.3. The number of nitrogens with zero attached hydrogens (tertiary/aromatic N) is 2. The molecule has 0 bridgehead atoms. The third-order valence-corrected chi connectivity index (χ3v) is 6.65. The van der Waals surface area contributed by atoms with E-state index in [2.05, 4.69) is 4.99 Å². The second-order valence-electron chi connectivity index (χ2n) is 7.63. The fourth-order valence-electron chi connectivity index (χ4n) is 4.14. The molecule has 0 saturated heterocycles. The molecule has 8 nitrogen and oxygen atoms in total. The van der Waals surface area contributed by atoms with Crippen molar-refractivity contribution in [3.05, 3.63) is 84.5 Å². The van der Waals surface area contributed by atoms with Gasteiger partial charge in [0.15, 0.2) is 16.3 Å². The van der Waals surface area contributed by atoms with E-state index < -0.39 is 12.0 Å². The van der Waals surface area contributed by atoms with Gasteiger partial charge in [-0.3, -0.25) is 9.36 Å². The zero-order valence-electron chi connectivity index (χ0n) is 20.2. The van der Waals surface area contributed by atoms with Gasteiger partial charge in [0.2, 0.25) is 0 Å². The molecule has 1 aliphatic rings. The van der Waals surface area contributed by atoms with Gasteiger partial charge in [-0.25, -0.2) is 9.79 Å². The minimum Gasteiger partial charge on any atom is -0.496 e. The molecule has 182 valence electrons. The summed E-state index contributed by atoms with van der Waals surface area (Å²) in [5, 5.41) is 0. The Kier molecular flexibility index (Phi) is 7.07. The summed E-state index contributed by atoms with van der Waals surface area (Å²) in [6.45, 7) is 3.69. The van der Waals surface area contributed by atoms with Crippen molar-refractivity contribution >= 4 is 23.4 Å². The lowest BCUT2D eigenvalue weighted by atomic mass is 9.95. The Bertz CT molecular complexity index is 1480. The topological polar surface area (TPSA) is 88.4 Å². The number of hydrogen-bond donors (Lipinski definition) is 0. The number of carbonyl (C=O) groups excluding carboxylic acids is 1. The van der Waals surface area contributed by atoms with Crippen LogP contribution in [-0.2, 0) is 9.53 Å². The predicted octanol–water partition coefficient (Wildman–Crippen LogP) is 2.82. The molecule has 0 radical (unpaired) electrons. The molecule has 1 atom stereocenters. The molecule has 0 N–H and O–H groups in total. The fourth-order valence-corrected chi connectivity index (χ4v) is 5.18. The Morgan fingerprint density at radius 1 is 1.06 bits per heavy atom. The van der Waals surface area contributed by atoms with Crippen molar-refractivity contribution in [2.45, 2.75) is 19.9 Å². The summed E-state index contributed by atoms with van der Waals surface area (Å²) in [5.74, 6) is 1.11. The Labute approximate surface area is 206 Å². The molecule has 0 aliphatic carbocycles. The highest BCUT2D eigenvalue weighted by molar-refractivity contribution is 7.07. The number of methoxy groups -OCH3 is 3. The Balaban J connectivity index is 2.00. The quantitative estimate of drug-likeness (QED) is 0.470. The number of rotatable bonds is 7. The van der Waals surface area contributed by atoms with Crippen LogP contribution in [-0.4, -0.2) is 38.5 Å². The van der Waals surface area contributed by atoms with Crippen LogP contribution >= 0.6 is 11.3 Å². The summed E-state index contributed by atoms with van der Waals surface area (Å²) in [4.78, 5) is 31.9. The van der Waals surface area contributed by atoms with Gasteiger partial charge in [0, 0.05) is 11.1 Å². The summed E-state index contributed by atoms with van der Waals surface area (Å²) in [6.07, 6.45) is 1.74. The maximum atomic E-state index is 13.8. The van der Waals surface area contributed by atoms with Crippen molar-refractivity contribution in [3.63, 3.8) is 0 Å². The van der Waals surface area contributed by atoms with Gasteiger partial charge in [-0.1, -0.05) is 41.7 Å². The summed E-state index contributed by atoms with van der Waals surface area (Å²) >= 11 is 1.24. The van der Waals surface area contributed by atoms with Crippen LogP contribution < -0.4 is 29.1 Å². The van der Waals surface area contributed by atoms with E-state index in [1.54, 1.807) is 53.4 Å². The first-order chi connectivity index (χ1) is 16.9. The lowest BCUT2D eigenvalue weighted by molar-refractivity contribution is -0.139. The summed E-state index contributed by atoms with van der Waals surface area (Å²) in [5.41, 5.74) is 1.86. The summed E-state index contributed by atoms with van der Waals surface area (Å²) < 4.78 is 23.8. The van der Waals surface area contributed by atoms with Gasteiger partial charge < -0.3 is 18.9 Å².